The van der Waals surface area contributed by atoms with Gasteiger partial charge >= 0.3 is 29.8 Å². The summed E-state index contributed by atoms with van der Waals surface area (Å²) in [5, 5.41) is 29.6. The zero-order chi connectivity index (χ0) is 24.1. The number of esters is 1. The van der Waals surface area contributed by atoms with Crippen molar-refractivity contribution in [2.45, 2.75) is 50.7 Å². The molecule has 0 amide bonds. The molecule has 4 N–H and O–H groups in total. The largest absolute Gasteiger partial charge is 0.473 e. The minimum Gasteiger partial charge on any atom is -0.473 e. The van der Waals surface area contributed by atoms with Gasteiger partial charge in [-0.2, -0.15) is 0 Å². The normalized spacial score (nSPS) is 19.9. The molecule has 11 nitrogen and oxygen atoms in total. The van der Waals surface area contributed by atoms with Crippen LogP contribution in [-0.4, -0.2) is 80.4 Å². The molecular formula is C21H27NO10. The monoisotopic (exact) mass is 453 g/mol. The van der Waals surface area contributed by atoms with Gasteiger partial charge in [-0.05, 0) is 57.3 Å². The average Bonchev–Trinajstić information content (AvgIpc) is 3.30. The minimum absolute atomic E-state index is 0.0783. The van der Waals surface area contributed by atoms with Gasteiger partial charge in [0.05, 0.1) is 5.56 Å². The predicted molar refractivity (Wildman–Crippen MR) is 109 cm³/mol. The van der Waals surface area contributed by atoms with Gasteiger partial charge in [0, 0.05) is 6.04 Å². The van der Waals surface area contributed by atoms with Crippen LogP contribution in [0.25, 0.3) is 0 Å². The Bertz CT molecular complexity index is 741. The van der Waals surface area contributed by atoms with Crippen molar-refractivity contribution in [3.8, 4) is 0 Å². The lowest BCUT2D eigenvalue weighted by Crippen LogP contribution is -2.46. The number of hydrogen-bond donors (Lipinski definition) is 4. The van der Waals surface area contributed by atoms with Crippen molar-refractivity contribution in [3.63, 3.8) is 0 Å². The molecule has 0 aromatic heterocycles. The van der Waals surface area contributed by atoms with Crippen LogP contribution in [0, 0.1) is 0 Å². The molecule has 1 saturated carbocycles. The van der Waals surface area contributed by atoms with Crippen molar-refractivity contribution in [1.29, 1.82) is 0 Å². The first-order chi connectivity index (χ1) is 15.1. The Balaban J connectivity index is 0.000000355. The molecule has 176 valence electrons. The first-order valence-corrected chi connectivity index (χ1v) is 10.1. The molecule has 1 aliphatic heterocycles. The number of likely N-dealkylation sites (tertiary alicyclic amines) is 1. The van der Waals surface area contributed by atoms with Crippen LogP contribution in [0.4, 0.5) is 0 Å². The number of carbonyl (C=O) groups is 5. The van der Waals surface area contributed by atoms with Gasteiger partial charge in [-0.25, -0.2) is 24.0 Å². The molecule has 3 rings (SSSR count). The number of aliphatic carboxylic acids is 4. The van der Waals surface area contributed by atoms with Crippen molar-refractivity contribution in [1.82, 2.24) is 4.90 Å². The standard InChI is InChI=1S/C17H23NO2.2C2H2O4/c19-17(14-8-2-1-3-9-14)20-16-11-5-4-10-15(16)18-12-6-7-13-18;2*3-1(4)2(5)6/h1-3,8-9,15-16H,4-7,10-13H2;2*(H,3,4)(H,5,6)/t15-,16-;;/m1../s1. The van der Waals surface area contributed by atoms with Gasteiger partial charge < -0.3 is 25.2 Å². The third-order valence-electron chi connectivity index (χ3n) is 4.91. The van der Waals surface area contributed by atoms with Crippen molar-refractivity contribution >= 4 is 29.8 Å². The zero-order valence-corrected chi connectivity index (χ0v) is 17.4. The summed E-state index contributed by atoms with van der Waals surface area (Å²) < 4.78 is 5.82. The molecule has 1 aromatic rings. The highest BCUT2D eigenvalue weighted by atomic mass is 16.5. The van der Waals surface area contributed by atoms with Crippen molar-refractivity contribution in [2.24, 2.45) is 0 Å². The van der Waals surface area contributed by atoms with Crippen molar-refractivity contribution < 1.29 is 49.1 Å². The molecule has 2 fully saturated rings. The van der Waals surface area contributed by atoms with E-state index in [4.69, 9.17) is 44.3 Å². The summed E-state index contributed by atoms with van der Waals surface area (Å²) in [6.07, 6.45) is 7.28. The topological polar surface area (TPSA) is 179 Å². The SMILES string of the molecule is O=C(O)C(=O)O.O=C(O)C(=O)O.O=C(O[C@@H]1CCCC[C@H]1N1CCCC1)c1ccccc1. The molecule has 0 radical (unpaired) electrons. The fraction of sp³-hybridized carbons (Fsp3) is 0.476. The Labute approximate surface area is 184 Å². The van der Waals surface area contributed by atoms with Crippen LogP contribution in [0.2, 0.25) is 0 Å². The first-order valence-electron chi connectivity index (χ1n) is 10.1. The molecule has 0 bridgehead atoms. The Morgan fingerprint density at radius 1 is 0.719 bits per heavy atom. The quantitative estimate of drug-likeness (QED) is 0.385. The molecule has 2 atom stereocenters. The predicted octanol–water partition coefficient (Wildman–Crippen LogP) is 1.56. The van der Waals surface area contributed by atoms with E-state index in [-0.39, 0.29) is 12.1 Å². The summed E-state index contributed by atoms with van der Waals surface area (Å²) in [6, 6.07) is 9.79. The first kappa shape index (κ1) is 26.6. The van der Waals surface area contributed by atoms with Crippen LogP contribution in [-0.2, 0) is 23.9 Å². The molecule has 32 heavy (non-hydrogen) atoms. The van der Waals surface area contributed by atoms with Crippen molar-refractivity contribution in [3.05, 3.63) is 35.9 Å². The fourth-order valence-corrected chi connectivity index (χ4v) is 3.49. The number of hydrogen-bond acceptors (Lipinski definition) is 7. The fourth-order valence-electron chi connectivity index (χ4n) is 3.49. The Morgan fingerprint density at radius 2 is 1.19 bits per heavy atom. The van der Waals surface area contributed by atoms with Gasteiger partial charge in [0.1, 0.15) is 6.10 Å². The molecule has 1 aliphatic carbocycles. The van der Waals surface area contributed by atoms with E-state index in [0.29, 0.717) is 11.6 Å². The average molecular weight is 453 g/mol. The maximum Gasteiger partial charge on any atom is 0.414 e. The van der Waals surface area contributed by atoms with Gasteiger partial charge in [0.25, 0.3) is 0 Å². The molecule has 0 spiro atoms. The molecule has 2 aliphatic rings. The lowest BCUT2D eigenvalue weighted by molar-refractivity contribution is -0.159. The second kappa shape index (κ2) is 13.8. The maximum atomic E-state index is 12.2. The van der Waals surface area contributed by atoms with Crippen LogP contribution >= 0.6 is 0 Å². The smallest absolute Gasteiger partial charge is 0.414 e. The summed E-state index contributed by atoms with van der Waals surface area (Å²) in [6.45, 7) is 2.34. The van der Waals surface area contributed by atoms with Gasteiger partial charge in [0.2, 0.25) is 0 Å². The molecular weight excluding hydrogens is 426 g/mol. The summed E-state index contributed by atoms with van der Waals surface area (Å²) in [5.74, 6) is -7.46. The number of carboxylic acid groups (broad SMARTS) is 4. The Morgan fingerprint density at radius 3 is 1.66 bits per heavy atom. The van der Waals surface area contributed by atoms with Gasteiger partial charge in [-0.15, -0.1) is 0 Å². The highest BCUT2D eigenvalue weighted by Gasteiger charge is 2.34. The van der Waals surface area contributed by atoms with Crippen LogP contribution in [0.3, 0.4) is 0 Å². The van der Waals surface area contributed by atoms with E-state index < -0.39 is 23.9 Å². The number of benzene rings is 1. The van der Waals surface area contributed by atoms with E-state index >= 15 is 0 Å². The second-order valence-corrected chi connectivity index (χ2v) is 7.13. The number of carbonyl (C=O) groups excluding carboxylic acids is 1. The maximum absolute atomic E-state index is 12.2. The van der Waals surface area contributed by atoms with E-state index in [1.807, 2.05) is 30.3 Å². The van der Waals surface area contributed by atoms with Gasteiger partial charge in [-0.3, -0.25) is 4.90 Å². The second-order valence-electron chi connectivity index (χ2n) is 7.13. The van der Waals surface area contributed by atoms with E-state index in [2.05, 4.69) is 4.90 Å². The lowest BCUT2D eigenvalue weighted by Gasteiger charge is -2.37. The van der Waals surface area contributed by atoms with Crippen LogP contribution in [0.5, 0.6) is 0 Å². The van der Waals surface area contributed by atoms with E-state index in [9.17, 15) is 4.79 Å². The third-order valence-corrected chi connectivity index (χ3v) is 4.91. The summed E-state index contributed by atoms with van der Waals surface area (Å²) in [7, 11) is 0. The third kappa shape index (κ3) is 9.56. The molecule has 1 heterocycles. The zero-order valence-electron chi connectivity index (χ0n) is 17.4. The molecule has 11 heteroatoms. The van der Waals surface area contributed by atoms with Crippen LogP contribution in [0.1, 0.15) is 48.9 Å². The molecule has 1 saturated heterocycles. The Kier molecular flexibility index (Phi) is 11.4. The number of ether oxygens (including phenoxy) is 1. The van der Waals surface area contributed by atoms with E-state index in [0.717, 1.165) is 6.42 Å². The number of rotatable bonds is 3. The highest BCUT2D eigenvalue weighted by molar-refractivity contribution is 6.27. The van der Waals surface area contributed by atoms with Crippen LogP contribution in [0.15, 0.2) is 30.3 Å². The number of nitrogens with zero attached hydrogens (tertiary/aromatic N) is 1. The van der Waals surface area contributed by atoms with Gasteiger partial charge in [-0.1, -0.05) is 24.6 Å². The summed E-state index contributed by atoms with van der Waals surface area (Å²) in [5.41, 5.74) is 0.665. The lowest BCUT2D eigenvalue weighted by atomic mass is 9.91. The molecule has 1 aromatic carbocycles. The van der Waals surface area contributed by atoms with Gasteiger partial charge in [0.15, 0.2) is 0 Å². The highest BCUT2D eigenvalue weighted by Crippen LogP contribution is 2.28. The molecule has 0 unspecified atom stereocenters. The minimum atomic E-state index is -1.82. The van der Waals surface area contributed by atoms with E-state index in [1.165, 1.54) is 45.2 Å². The Hall–Kier alpha value is -3.47. The van der Waals surface area contributed by atoms with Crippen LogP contribution < -0.4 is 0 Å². The van der Waals surface area contributed by atoms with E-state index in [1.54, 1.807) is 0 Å². The number of carboxylic acids is 4. The summed E-state index contributed by atoms with van der Waals surface area (Å²) in [4.78, 5) is 51.2. The summed E-state index contributed by atoms with van der Waals surface area (Å²) >= 11 is 0. The van der Waals surface area contributed by atoms with Crippen molar-refractivity contribution in [2.75, 3.05) is 13.1 Å².